The van der Waals surface area contributed by atoms with Crippen LogP contribution in [0.3, 0.4) is 0 Å². The highest BCUT2D eigenvalue weighted by atomic mass is 19.1. The summed E-state index contributed by atoms with van der Waals surface area (Å²) in [4.78, 5) is 14.3. The smallest absolute Gasteiger partial charge is 0.319 e. The normalized spacial score (nSPS) is 31.2. The average Bonchev–Trinajstić information content (AvgIpc) is 3.03. The van der Waals surface area contributed by atoms with Crippen molar-refractivity contribution in [3.63, 3.8) is 0 Å². The maximum absolute atomic E-state index is 12.9. The minimum atomic E-state index is -0.815. The molecule has 2 aliphatic heterocycles. The summed E-state index contributed by atoms with van der Waals surface area (Å²) in [5.74, 6) is -0.377. The molecule has 5 atom stereocenters. The Labute approximate surface area is 146 Å². The van der Waals surface area contributed by atoms with E-state index < -0.39 is 30.6 Å². The van der Waals surface area contributed by atoms with Gasteiger partial charge in [0.15, 0.2) is 6.29 Å². The molecule has 0 spiro atoms. The number of hydrogen-bond donors (Lipinski definition) is 3. The van der Waals surface area contributed by atoms with Crippen LogP contribution in [0.25, 0.3) is 0 Å². The Bertz CT molecular complexity index is 594. The summed E-state index contributed by atoms with van der Waals surface area (Å²) in [6.07, 6.45) is -1.70. The summed E-state index contributed by atoms with van der Waals surface area (Å²) in [6, 6.07) is 4.05. The molecule has 8 heteroatoms. The van der Waals surface area contributed by atoms with Gasteiger partial charge in [-0.25, -0.2) is 9.18 Å². The van der Waals surface area contributed by atoms with Crippen molar-refractivity contribution in [2.24, 2.45) is 0 Å². The molecule has 3 rings (SSSR count). The molecule has 0 unspecified atom stereocenters. The monoisotopic (exact) mass is 353 g/mol. The van der Waals surface area contributed by atoms with E-state index in [1.807, 2.05) is 13.8 Å². The summed E-state index contributed by atoms with van der Waals surface area (Å²) in [5.41, 5.74) is 0.464. The molecule has 2 fully saturated rings. The first kappa shape index (κ1) is 18.1. The van der Waals surface area contributed by atoms with Gasteiger partial charge < -0.3 is 25.2 Å². The maximum atomic E-state index is 12.9. The topological polar surface area (TPSA) is 83.1 Å². The fourth-order valence-electron chi connectivity index (χ4n) is 3.46. The summed E-state index contributed by atoms with van der Waals surface area (Å²) < 4.78 is 24.4. The molecule has 0 saturated carbocycles. The maximum Gasteiger partial charge on any atom is 0.319 e. The molecule has 2 aliphatic rings. The van der Waals surface area contributed by atoms with Gasteiger partial charge in [-0.15, -0.1) is 0 Å². The second-order valence-corrected chi connectivity index (χ2v) is 6.21. The van der Waals surface area contributed by atoms with E-state index in [0.29, 0.717) is 12.3 Å². The Balaban J connectivity index is 1.68. The van der Waals surface area contributed by atoms with E-state index in [0.717, 1.165) is 13.1 Å². The highest BCUT2D eigenvalue weighted by Crippen LogP contribution is 2.31. The van der Waals surface area contributed by atoms with Crippen molar-refractivity contribution in [3.8, 4) is 0 Å². The lowest BCUT2D eigenvalue weighted by molar-refractivity contribution is -0.179. The number of urea groups is 1. The molecular weight excluding hydrogens is 329 g/mol. The molecule has 2 amide bonds. The fraction of sp³-hybridized carbons (Fsp3) is 0.588. The van der Waals surface area contributed by atoms with Crippen LogP contribution in [0.2, 0.25) is 0 Å². The molecule has 1 aromatic carbocycles. The van der Waals surface area contributed by atoms with Gasteiger partial charge in [-0.1, -0.05) is 13.8 Å². The first-order chi connectivity index (χ1) is 12.0. The fourth-order valence-corrected chi connectivity index (χ4v) is 3.46. The minimum absolute atomic E-state index is 0.320. The highest BCUT2D eigenvalue weighted by molar-refractivity contribution is 5.89. The second-order valence-electron chi connectivity index (χ2n) is 6.21. The van der Waals surface area contributed by atoms with Crippen molar-refractivity contribution in [1.29, 1.82) is 0 Å². The zero-order chi connectivity index (χ0) is 18.0. The Morgan fingerprint density at radius 2 is 2.00 bits per heavy atom. The van der Waals surface area contributed by atoms with Crippen LogP contribution in [0.4, 0.5) is 14.9 Å². The van der Waals surface area contributed by atoms with Crippen LogP contribution in [0.1, 0.15) is 13.8 Å². The van der Waals surface area contributed by atoms with E-state index in [1.54, 1.807) is 0 Å². The Morgan fingerprint density at radius 1 is 1.32 bits per heavy atom. The Kier molecular flexibility index (Phi) is 5.53. The molecule has 0 aliphatic carbocycles. The molecule has 1 aromatic rings. The standard InChI is InChI=1S/C17H24FN3O4/c1-3-21(4-2)14-15(22)13(12-9-24-16(14)25-12)20-17(23)19-11-7-5-10(18)6-8-11/h5-8,12-16,22H,3-4,9H2,1-2H3,(H2,19,20,23)/t12-,13-,14-,15+,16-/m1/s1. The van der Waals surface area contributed by atoms with Crippen LogP contribution in [0, 0.1) is 5.82 Å². The van der Waals surface area contributed by atoms with Crippen LogP contribution in [0.5, 0.6) is 0 Å². The number of hydrogen-bond acceptors (Lipinski definition) is 5. The van der Waals surface area contributed by atoms with Gasteiger partial charge in [-0.2, -0.15) is 0 Å². The molecule has 138 valence electrons. The lowest BCUT2D eigenvalue weighted by atomic mass is 9.95. The number of rotatable bonds is 5. The summed E-state index contributed by atoms with van der Waals surface area (Å²) in [5, 5.41) is 16.2. The van der Waals surface area contributed by atoms with Crippen LogP contribution in [-0.4, -0.2) is 66.3 Å². The van der Waals surface area contributed by atoms with Gasteiger partial charge >= 0.3 is 6.03 Å². The van der Waals surface area contributed by atoms with Crippen molar-refractivity contribution >= 4 is 11.7 Å². The summed E-state index contributed by atoms with van der Waals surface area (Å²) in [6.45, 7) is 5.80. The third kappa shape index (κ3) is 3.77. The van der Waals surface area contributed by atoms with Crippen molar-refractivity contribution < 1.29 is 23.8 Å². The lowest BCUT2D eigenvalue weighted by Crippen LogP contribution is -2.65. The lowest BCUT2D eigenvalue weighted by Gasteiger charge is -2.43. The average molecular weight is 353 g/mol. The van der Waals surface area contributed by atoms with E-state index in [2.05, 4.69) is 15.5 Å². The molecule has 25 heavy (non-hydrogen) atoms. The number of aliphatic hydroxyl groups is 1. The van der Waals surface area contributed by atoms with Gasteiger partial charge in [0.2, 0.25) is 0 Å². The molecule has 2 bridgehead atoms. The number of fused-ring (bicyclic) bond motifs is 2. The highest BCUT2D eigenvalue weighted by Gasteiger charge is 2.52. The number of nitrogens with zero attached hydrogens (tertiary/aromatic N) is 1. The van der Waals surface area contributed by atoms with Crippen LogP contribution in [0.15, 0.2) is 24.3 Å². The van der Waals surface area contributed by atoms with E-state index in [1.165, 1.54) is 24.3 Å². The van der Waals surface area contributed by atoms with Crippen molar-refractivity contribution in [3.05, 3.63) is 30.1 Å². The molecule has 7 nitrogen and oxygen atoms in total. The number of anilines is 1. The minimum Gasteiger partial charge on any atom is -0.389 e. The molecular formula is C17H24FN3O4. The van der Waals surface area contributed by atoms with Crippen molar-refractivity contribution in [1.82, 2.24) is 10.2 Å². The largest absolute Gasteiger partial charge is 0.389 e. The van der Waals surface area contributed by atoms with Crippen LogP contribution in [-0.2, 0) is 9.47 Å². The number of carbonyl (C=O) groups is 1. The zero-order valence-electron chi connectivity index (χ0n) is 14.3. The number of nitrogens with one attached hydrogen (secondary N) is 2. The predicted molar refractivity (Wildman–Crippen MR) is 89.7 cm³/mol. The van der Waals surface area contributed by atoms with E-state index in [4.69, 9.17) is 9.47 Å². The number of likely N-dealkylation sites (N-methyl/N-ethyl adjacent to an activating group) is 1. The van der Waals surface area contributed by atoms with Gasteiger partial charge in [-0.05, 0) is 37.4 Å². The third-order valence-corrected chi connectivity index (χ3v) is 4.76. The predicted octanol–water partition coefficient (Wildman–Crippen LogP) is 1.14. The molecule has 3 N–H and O–H groups in total. The number of aliphatic hydroxyl groups excluding tert-OH is 1. The van der Waals surface area contributed by atoms with Gasteiger partial charge in [0.1, 0.15) is 11.9 Å². The Morgan fingerprint density at radius 3 is 2.64 bits per heavy atom. The van der Waals surface area contributed by atoms with Crippen molar-refractivity contribution in [2.75, 3.05) is 25.0 Å². The van der Waals surface area contributed by atoms with Gasteiger partial charge in [0.25, 0.3) is 0 Å². The zero-order valence-corrected chi connectivity index (χ0v) is 14.3. The Hall–Kier alpha value is -1.74. The van der Waals surface area contributed by atoms with Crippen LogP contribution >= 0.6 is 0 Å². The second kappa shape index (κ2) is 7.65. The van der Waals surface area contributed by atoms with Gasteiger partial charge in [0.05, 0.1) is 24.8 Å². The quantitative estimate of drug-likeness (QED) is 0.740. The van der Waals surface area contributed by atoms with E-state index in [-0.39, 0.29) is 11.9 Å². The van der Waals surface area contributed by atoms with Crippen LogP contribution < -0.4 is 10.6 Å². The van der Waals surface area contributed by atoms with E-state index >= 15 is 0 Å². The third-order valence-electron chi connectivity index (χ3n) is 4.76. The number of ether oxygens (including phenoxy) is 2. The first-order valence-electron chi connectivity index (χ1n) is 8.55. The number of halogens is 1. The molecule has 0 aromatic heterocycles. The first-order valence-corrected chi connectivity index (χ1v) is 8.55. The van der Waals surface area contributed by atoms with Gasteiger partial charge in [-0.3, -0.25) is 4.90 Å². The van der Waals surface area contributed by atoms with Crippen molar-refractivity contribution in [2.45, 2.75) is 44.4 Å². The number of carbonyl (C=O) groups excluding carboxylic acids is 1. The number of benzene rings is 1. The molecule has 0 radical (unpaired) electrons. The SMILES string of the molecule is CCN(CC)[C@H]1[C@@H]2OC[C@@H](O2)[C@@H](NC(=O)Nc2ccc(F)cc2)[C@@H]1O. The molecule has 2 saturated heterocycles. The number of amides is 2. The van der Waals surface area contributed by atoms with E-state index in [9.17, 15) is 14.3 Å². The summed E-state index contributed by atoms with van der Waals surface area (Å²) in [7, 11) is 0. The molecule has 2 heterocycles. The summed E-state index contributed by atoms with van der Waals surface area (Å²) >= 11 is 0. The van der Waals surface area contributed by atoms with Gasteiger partial charge in [0, 0.05) is 5.69 Å².